The van der Waals surface area contributed by atoms with Crippen molar-refractivity contribution in [2.75, 3.05) is 19.0 Å². The number of benzene rings is 2. The molecule has 2 aromatic carbocycles. The van der Waals surface area contributed by atoms with Crippen molar-refractivity contribution in [3.8, 4) is 11.5 Å². The molecule has 1 heterocycles. The number of carbonyl (C=O) groups is 1. The van der Waals surface area contributed by atoms with Gasteiger partial charge >= 0.3 is 5.69 Å². The molecule has 7 nitrogen and oxygen atoms in total. The Labute approximate surface area is 157 Å². The van der Waals surface area contributed by atoms with Crippen molar-refractivity contribution in [3.63, 3.8) is 0 Å². The number of methoxy groups -OCH3 is 1. The molecule has 0 aliphatic heterocycles. The van der Waals surface area contributed by atoms with E-state index in [-0.39, 0.29) is 18.1 Å². The van der Waals surface area contributed by atoms with Crippen LogP contribution in [0, 0.1) is 0 Å². The number of nitrogens with one attached hydrogen (secondary N) is 1. The van der Waals surface area contributed by atoms with Gasteiger partial charge in [-0.25, -0.2) is 4.79 Å². The van der Waals surface area contributed by atoms with E-state index in [1.165, 1.54) is 4.57 Å². The predicted molar refractivity (Wildman–Crippen MR) is 105 cm³/mol. The summed E-state index contributed by atoms with van der Waals surface area (Å²) in [6, 6.07) is 12.6. The molecule has 7 heteroatoms. The first-order valence-corrected chi connectivity index (χ1v) is 8.87. The Bertz CT molecular complexity index is 1020. The van der Waals surface area contributed by atoms with E-state index in [1.807, 2.05) is 38.1 Å². The fourth-order valence-corrected chi connectivity index (χ4v) is 3.10. The zero-order valence-corrected chi connectivity index (χ0v) is 15.7. The number of aromatic nitrogens is 2. The number of hydrogen-bond acceptors (Lipinski definition) is 4. The molecule has 0 unspecified atom stereocenters. The SMILES string of the molecule is CCOc1ccc(NC(=O)Cn2c(=O)n(CC)c3ccccc32)cc1OC. The van der Waals surface area contributed by atoms with Gasteiger partial charge in [-0.15, -0.1) is 0 Å². The van der Waals surface area contributed by atoms with Crippen LogP contribution < -0.4 is 20.5 Å². The highest BCUT2D eigenvalue weighted by Gasteiger charge is 2.15. The fraction of sp³-hybridized carbons (Fsp3) is 0.300. The largest absolute Gasteiger partial charge is 0.493 e. The van der Waals surface area contributed by atoms with Crippen molar-refractivity contribution in [3.05, 3.63) is 52.9 Å². The number of ether oxygens (including phenoxy) is 2. The van der Waals surface area contributed by atoms with Crippen molar-refractivity contribution >= 4 is 22.6 Å². The van der Waals surface area contributed by atoms with Crippen LogP contribution in [0.5, 0.6) is 11.5 Å². The monoisotopic (exact) mass is 369 g/mol. The molecule has 0 radical (unpaired) electrons. The summed E-state index contributed by atoms with van der Waals surface area (Å²) >= 11 is 0. The van der Waals surface area contributed by atoms with Gasteiger partial charge in [0.15, 0.2) is 11.5 Å². The van der Waals surface area contributed by atoms with Crippen molar-refractivity contribution < 1.29 is 14.3 Å². The van der Waals surface area contributed by atoms with Gasteiger partial charge in [0.05, 0.1) is 24.8 Å². The van der Waals surface area contributed by atoms with Gasteiger partial charge in [0.2, 0.25) is 5.91 Å². The molecule has 1 N–H and O–H groups in total. The van der Waals surface area contributed by atoms with E-state index in [2.05, 4.69) is 5.32 Å². The molecule has 0 saturated heterocycles. The standard InChI is InChI=1S/C20H23N3O4/c1-4-22-15-8-6-7-9-16(15)23(20(22)25)13-19(24)21-14-10-11-17(27-5-2)18(12-14)26-3/h6-12H,4-5,13H2,1-3H3,(H,21,24). The molecule has 27 heavy (non-hydrogen) atoms. The van der Waals surface area contributed by atoms with E-state index in [1.54, 1.807) is 29.9 Å². The van der Waals surface area contributed by atoms with Crippen molar-refractivity contribution in [1.82, 2.24) is 9.13 Å². The van der Waals surface area contributed by atoms with Crippen LogP contribution in [0.2, 0.25) is 0 Å². The topological polar surface area (TPSA) is 74.5 Å². The van der Waals surface area contributed by atoms with Crippen LogP contribution in [0.25, 0.3) is 11.0 Å². The van der Waals surface area contributed by atoms with Gasteiger partial charge < -0.3 is 14.8 Å². The van der Waals surface area contributed by atoms with E-state index in [9.17, 15) is 9.59 Å². The van der Waals surface area contributed by atoms with Crippen LogP contribution in [-0.4, -0.2) is 28.8 Å². The van der Waals surface area contributed by atoms with Crippen molar-refractivity contribution in [2.24, 2.45) is 0 Å². The first-order valence-electron chi connectivity index (χ1n) is 8.87. The molecule has 3 aromatic rings. The maximum absolute atomic E-state index is 12.6. The minimum Gasteiger partial charge on any atom is -0.493 e. The number of imidazole rings is 1. The summed E-state index contributed by atoms with van der Waals surface area (Å²) in [6.45, 7) is 4.79. The van der Waals surface area contributed by atoms with Gasteiger partial charge in [-0.3, -0.25) is 13.9 Å². The maximum atomic E-state index is 12.6. The predicted octanol–water partition coefficient (Wildman–Crippen LogP) is 2.87. The highest BCUT2D eigenvalue weighted by molar-refractivity contribution is 5.92. The molecular formula is C20H23N3O4. The summed E-state index contributed by atoms with van der Waals surface area (Å²) < 4.78 is 13.9. The van der Waals surface area contributed by atoms with Crippen LogP contribution in [0.15, 0.2) is 47.3 Å². The van der Waals surface area contributed by atoms with Gasteiger partial charge in [-0.05, 0) is 38.1 Å². The van der Waals surface area contributed by atoms with Gasteiger partial charge in [-0.1, -0.05) is 12.1 Å². The number of carbonyl (C=O) groups excluding carboxylic acids is 1. The number of hydrogen-bond donors (Lipinski definition) is 1. The number of aryl methyl sites for hydroxylation is 1. The summed E-state index contributed by atoms with van der Waals surface area (Å²) in [5.41, 5.74) is 1.94. The number of nitrogens with zero attached hydrogens (tertiary/aromatic N) is 2. The van der Waals surface area contributed by atoms with Crippen molar-refractivity contribution in [2.45, 2.75) is 26.9 Å². The molecule has 142 valence electrons. The third kappa shape index (κ3) is 3.67. The first-order chi connectivity index (χ1) is 13.1. The minimum atomic E-state index is -0.290. The second-order valence-electron chi connectivity index (χ2n) is 5.95. The van der Waals surface area contributed by atoms with Crippen LogP contribution in [0.1, 0.15) is 13.8 Å². The summed E-state index contributed by atoms with van der Waals surface area (Å²) in [5.74, 6) is 0.858. The molecule has 0 aliphatic rings. The lowest BCUT2D eigenvalue weighted by atomic mass is 10.2. The summed E-state index contributed by atoms with van der Waals surface area (Å²) in [7, 11) is 1.54. The molecule has 1 amide bonds. The molecule has 0 atom stereocenters. The summed E-state index contributed by atoms with van der Waals surface area (Å²) in [5, 5.41) is 2.81. The van der Waals surface area contributed by atoms with Gasteiger partial charge in [0.1, 0.15) is 6.54 Å². The molecule has 1 aromatic heterocycles. The number of amides is 1. The average molecular weight is 369 g/mol. The molecule has 0 fully saturated rings. The zero-order chi connectivity index (χ0) is 19.4. The van der Waals surface area contributed by atoms with Crippen LogP contribution >= 0.6 is 0 Å². The lowest BCUT2D eigenvalue weighted by molar-refractivity contribution is -0.116. The second-order valence-corrected chi connectivity index (χ2v) is 5.95. The Morgan fingerprint density at radius 3 is 2.37 bits per heavy atom. The quantitative estimate of drug-likeness (QED) is 0.695. The highest BCUT2D eigenvalue weighted by atomic mass is 16.5. The molecule has 3 rings (SSSR count). The number of para-hydroxylation sites is 2. The lowest BCUT2D eigenvalue weighted by Crippen LogP contribution is -2.29. The maximum Gasteiger partial charge on any atom is 0.329 e. The van der Waals surface area contributed by atoms with E-state index in [0.717, 1.165) is 11.0 Å². The molecule has 0 bridgehead atoms. The summed E-state index contributed by atoms with van der Waals surface area (Å²) in [4.78, 5) is 25.2. The third-order valence-corrected chi connectivity index (χ3v) is 4.29. The first kappa shape index (κ1) is 18.6. The molecular weight excluding hydrogens is 346 g/mol. The lowest BCUT2D eigenvalue weighted by Gasteiger charge is -2.12. The Morgan fingerprint density at radius 1 is 1.04 bits per heavy atom. The van der Waals surface area contributed by atoms with Crippen LogP contribution in [0.3, 0.4) is 0 Å². The Kier molecular flexibility index (Phi) is 5.49. The normalized spacial score (nSPS) is 10.8. The highest BCUT2D eigenvalue weighted by Crippen LogP contribution is 2.30. The number of anilines is 1. The van der Waals surface area contributed by atoms with Gasteiger partial charge in [-0.2, -0.15) is 0 Å². The smallest absolute Gasteiger partial charge is 0.329 e. The van der Waals surface area contributed by atoms with E-state index in [0.29, 0.717) is 30.3 Å². The molecule has 0 saturated carbocycles. The van der Waals surface area contributed by atoms with Gasteiger partial charge in [0.25, 0.3) is 0 Å². The van der Waals surface area contributed by atoms with Gasteiger partial charge in [0, 0.05) is 18.3 Å². The Balaban J connectivity index is 1.84. The van der Waals surface area contributed by atoms with E-state index < -0.39 is 0 Å². The Morgan fingerprint density at radius 2 is 1.74 bits per heavy atom. The minimum absolute atomic E-state index is 0.0676. The molecule has 0 spiro atoms. The third-order valence-electron chi connectivity index (χ3n) is 4.29. The average Bonchev–Trinajstić information content (AvgIpc) is 2.94. The van der Waals surface area contributed by atoms with Crippen LogP contribution in [0.4, 0.5) is 5.69 Å². The Hall–Kier alpha value is -3.22. The molecule has 0 aliphatic carbocycles. The van der Waals surface area contributed by atoms with Crippen LogP contribution in [-0.2, 0) is 17.9 Å². The zero-order valence-electron chi connectivity index (χ0n) is 15.7. The fourth-order valence-electron chi connectivity index (χ4n) is 3.10. The van der Waals surface area contributed by atoms with E-state index >= 15 is 0 Å². The van der Waals surface area contributed by atoms with Crippen molar-refractivity contribution in [1.29, 1.82) is 0 Å². The number of rotatable bonds is 7. The second kappa shape index (κ2) is 7.99. The number of fused-ring (bicyclic) bond motifs is 1. The summed E-state index contributed by atoms with van der Waals surface area (Å²) in [6.07, 6.45) is 0. The van der Waals surface area contributed by atoms with E-state index in [4.69, 9.17) is 9.47 Å².